The lowest BCUT2D eigenvalue weighted by atomic mass is 9.90. The third kappa shape index (κ3) is 4.21. The quantitative estimate of drug-likeness (QED) is 0.515. The average Bonchev–Trinajstić information content (AvgIpc) is 2.02. The summed E-state index contributed by atoms with van der Waals surface area (Å²) in [6.45, 7) is 9.07. The molecular formula is C11H18O3. The molecule has 0 saturated heterocycles. The van der Waals surface area contributed by atoms with Gasteiger partial charge in [0.15, 0.2) is 5.78 Å². The molecule has 0 unspecified atom stereocenters. The van der Waals surface area contributed by atoms with E-state index in [9.17, 15) is 9.59 Å². The van der Waals surface area contributed by atoms with Crippen LogP contribution in [-0.2, 0) is 14.3 Å². The van der Waals surface area contributed by atoms with E-state index in [4.69, 9.17) is 4.74 Å². The fourth-order valence-electron chi connectivity index (χ4n) is 0.717. The van der Waals surface area contributed by atoms with E-state index in [2.05, 4.69) is 0 Å². The van der Waals surface area contributed by atoms with Crippen molar-refractivity contribution in [2.45, 2.75) is 34.6 Å². The van der Waals surface area contributed by atoms with E-state index in [0.717, 1.165) is 0 Å². The largest absolute Gasteiger partial charge is 0.463 e. The monoisotopic (exact) mass is 198 g/mol. The molecule has 0 bridgehead atoms. The molecule has 0 aromatic rings. The van der Waals surface area contributed by atoms with Crippen LogP contribution in [0.5, 0.6) is 0 Å². The minimum absolute atomic E-state index is 0.0666. The second kappa shape index (κ2) is 4.94. The Morgan fingerprint density at radius 3 is 2.14 bits per heavy atom. The Balaban J connectivity index is 4.53. The fourth-order valence-corrected chi connectivity index (χ4v) is 0.717. The van der Waals surface area contributed by atoms with Gasteiger partial charge < -0.3 is 4.74 Å². The van der Waals surface area contributed by atoms with Gasteiger partial charge in [0.1, 0.15) is 0 Å². The Morgan fingerprint density at radius 2 is 1.79 bits per heavy atom. The van der Waals surface area contributed by atoms with Gasteiger partial charge in [0, 0.05) is 11.0 Å². The van der Waals surface area contributed by atoms with Crippen molar-refractivity contribution >= 4 is 11.8 Å². The Kier molecular flexibility index (Phi) is 4.54. The van der Waals surface area contributed by atoms with E-state index in [1.807, 2.05) is 20.8 Å². The van der Waals surface area contributed by atoms with Gasteiger partial charge in [0.05, 0.1) is 6.61 Å². The number of ketones is 1. The maximum absolute atomic E-state index is 11.5. The molecule has 0 rings (SSSR count). The lowest BCUT2D eigenvalue weighted by Crippen LogP contribution is -2.19. The first-order valence-electron chi connectivity index (χ1n) is 4.69. The first-order valence-corrected chi connectivity index (χ1v) is 4.69. The zero-order chi connectivity index (χ0) is 11.4. The number of carbonyl (C=O) groups is 2. The first kappa shape index (κ1) is 12.9. The smallest absolute Gasteiger partial charge is 0.333 e. The zero-order valence-electron chi connectivity index (χ0n) is 9.51. The Bertz CT molecular complexity index is 256. The molecule has 0 aromatic carbocycles. The molecule has 80 valence electrons. The molecule has 0 aliphatic heterocycles. The van der Waals surface area contributed by atoms with Crippen molar-refractivity contribution < 1.29 is 14.3 Å². The first-order chi connectivity index (χ1) is 6.29. The molecule has 0 spiro atoms. The number of carbonyl (C=O) groups excluding carboxylic acids is 2. The molecule has 0 aromatic heterocycles. The minimum Gasteiger partial charge on any atom is -0.463 e. The van der Waals surface area contributed by atoms with Gasteiger partial charge in [-0.05, 0) is 19.9 Å². The van der Waals surface area contributed by atoms with E-state index >= 15 is 0 Å². The summed E-state index contributed by atoms with van der Waals surface area (Å²) in [5, 5.41) is 0. The van der Waals surface area contributed by atoms with E-state index in [1.54, 1.807) is 13.8 Å². The molecule has 0 aliphatic rings. The van der Waals surface area contributed by atoms with E-state index in [-0.39, 0.29) is 5.78 Å². The van der Waals surface area contributed by atoms with Crippen molar-refractivity contribution in [3.05, 3.63) is 11.6 Å². The molecule has 0 radical (unpaired) electrons. The van der Waals surface area contributed by atoms with E-state index in [1.165, 1.54) is 6.08 Å². The van der Waals surface area contributed by atoms with Crippen LogP contribution in [0.1, 0.15) is 34.6 Å². The topological polar surface area (TPSA) is 43.4 Å². The zero-order valence-corrected chi connectivity index (χ0v) is 9.51. The summed E-state index contributed by atoms with van der Waals surface area (Å²) in [5.74, 6) is -0.492. The van der Waals surface area contributed by atoms with Crippen LogP contribution in [0.15, 0.2) is 11.6 Å². The SMILES string of the molecule is CCOC(=O)/C(C)=C\C(=O)C(C)(C)C. The number of esters is 1. The number of rotatable bonds is 3. The molecule has 0 saturated carbocycles. The predicted molar refractivity (Wildman–Crippen MR) is 54.9 cm³/mol. The highest BCUT2D eigenvalue weighted by molar-refractivity contribution is 6.01. The Hall–Kier alpha value is -1.12. The highest BCUT2D eigenvalue weighted by Gasteiger charge is 2.20. The lowest BCUT2D eigenvalue weighted by Gasteiger charge is -2.13. The normalized spacial score (nSPS) is 12.5. The minimum atomic E-state index is -0.451. The standard InChI is InChI=1S/C11H18O3/c1-6-14-10(13)8(2)7-9(12)11(3,4)5/h7H,6H2,1-5H3/b8-7-. The number of allylic oxidation sites excluding steroid dienone is 1. The van der Waals surface area contributed by atoms with Crippen molar-refractivity contribution in [3.63, 3.8) is 0 Å². The summed E-state index contributed by atoms with van der Waals surface area (Å²) < 4.78 is 4.76. The van der Waals surface area contributed by atoms with Crippen molar-refractivity contribution in [1.82, 2.24) is 0 Å². The van der Waals surface area contributed by atoms with Crippen LogP contribution >= 0.6 is 0 Å². The third-order valence-electron chi connectivity index (χ3n) is 1.68. The van der Waals surface area contributed by atoms with Gasteiger partial charge in [-0.15, -0.1) is 0 Å². The predicted octanol–water partition coefficient (Wildman–Crippen LogP) is 2.11. The van der Waals surface area contributed by atoms with E-state index < -0.39 is 11.4 Å². The van der Waals surface area contributed by atoms with Crippen molar-refractivity contribution in [2.75, 3.05) is 6.61 Å². The average molecular weight is 198 g/mol. The van der Waals surface area contributed by atoms with Crippen molar-refractivity contribution in [3.8, 4) is 0 Å². The van der Waals surface area contributed by atoms with Crippen LogP contribution in [0.25, 0.3) is 0 Å². The van der Waals surface area contributed by atoms with Crippen LogP contribution < -0.4 is 0 Å². The number of hydrogen-bond acceptors (Lipinski definition) is 3. The van der Waals surface area contributed by atoms with Crippen molar-refractivity contribution in [1.29, 1.82) is 0 Å². The summed E-state index contributed by atoms with van der Waals surface area (Å²) in [4.78, 5) is 22.7. The van der Waals surface area contributed by atoms with Gasteiger partial charge in [0.2, 0.25) is 0 Å². The molecule has 3 heteroatoms. The molecule has 0 N–H and O–H groups in total. The Morgan fingerprint density at radius 1 is 1.29 bits per heavy atom. The lowest BCUT2D eigenvalue weighted by molar-refractivity contribution is -0.138. The highest BCUT2D eigenvalue weighted by atomic mass is 16.5. The maximum atomic E-state index is 11.5. The third-order valence-corrected chi connectivity index (χ3v) is 1.68. The van der Waals surface area contributed by atoms with Gasteiger partial charge in [-0.25, -0.2) is 4.79 Å². The summed E-state index contributed by atoms with van der Waals surface area (Å²) in [5.41, 5.74) is -0.0971. The summed E-state index contributed by atoms with van der Waals surface area (Å²) in [7, 11) is 0. The van der Waals surface area contributed by atoms with Gasteiger partial charge in [-0.2, -0.15) is 0 Å². The second-order valence-corrected chi connectivity index (χ2v) is 4.16. The van der Waals surface area contributed by atoms with Crippen LogP contribution in [0.4, 0.5) is 0 Å². The van der Waals surface area contributed by atoms with Gasteiger partial charge >= 0.3 is 5.97 Å². The Labute approximate surface area is 85.1 Å². The number of hydrogen-bond donors (Lipinski definition) is 0. The molecule has 0 aliphatic carbocycles. The second-order valence-electron chi connectivity index (χ2n) is 4.16. The summed E-state index contributed by atoms with van der Waals surface area (Å²) in [6, 6.07) is 0. The molecule has 0 amide bonds. The maximum Gasteiger partial charge on any atom is 0.333 e. The van der Waals surface area contributed by atoms with E-state index in [0.29, 0.717) is 12.2 Å². The molecular weight excluding hydrogens is 180 g/mol. The highest BCUT2D eigenvalue weighted by Crippen LogP contribution is 2.16. The van der Waals surface area contributed by atoms with Crippen LogP contribution in [0.2, 0.25) is 0 Å². The molecule has 0 fully saturated rings. The van der Waals surface area contributed by atoms with Gasteiger partial charge in [0.25, 0.3) is 0 Å². The van der Waals surface area contributed by atoms with Crippen LogP contribution in [-0.4, -0.2) is 18.4 Å². The number of ether oxygens (including phenoxy) is 1. The fraction of sp³-hybridized carbons (Fsp3) is 0.636. The molecule has 0 heterocycles. The van der Waals surface area contributed by atoms with Crippen molar-refractivity contribution in [2.24, 2.45) is 5.41 Å². The van der Waals surface area contributed by atoms with Crippen LogP contribution in [0.3, 0.4) is 0 Å². The molecule has 3 nitrogen and oxygen atoms in total. The van der Waals surface area contributed by atoms with Crippen LogP contribution in [0, 0.1) is 5.41 Å². The van der Waals surface area contributed by atoms with Gasteiger partial charge in [-0.1, -0.05) is 20.8 Å². The molecule has 0 atom stereocenters. The summed E-state index contributed by atoms with van der Waals surface area (Å²) in [6.07, 6.45) is 1.35. The summed E-state index contributed by atoms with van der Waals surface area (Å²) >= 11 is 0. The molecule has 14 heavy (non-hydrogen) atoms. The van der Waals surface area contributed by atoms with Gasteiger partial charge in [-0.3, -0.25) is 4.79 Å².